The second-order valence-corrected chi connectivity index (χ2v) is 3.78. The Morgan fingerprint density at radius 2 is 2.29 bits per heavy atom. The van der Waals surface area contributed by atoms with Gasteiger partial charge in [0.05, 0.1) is 17.1 Å². The molecule has 72 valence electrons. The van der Waals surface area contributed by atoms with Gasteiger partial charge < -0.3 is 0 Å². The van der Waals surface area contributed by atoms with E-state index in [1.54, 1.807) is 19.1 Å². The molecule has 1 amide bonds. The van der Waals surface area contributed by atoms with Gasteiger partial charge in [0.1, 0.15) is 5.82 Å². The molecule has 2 nitrogen and oxygen atoms in total. The number of hydrogen-bond donors (Lipinski definition) is 0. The molecular weight excluding hydrogens is 201 g/mol. The van der Waals surface area contributed by atoms with E-state index < -0.39 is 5.82 Å². The normalized spacial score (nSPS) is 14.4. The first-order valence-electron chi connectivity index (χ1n) is 4.21. The van der Waals surface area contributed by atoms with Crippen molar-refractivity contribution < 1.29 is 9.18 Å². The van der Waals surface area contributed by atoms with Gasteiger partial charge in [-0.05, 0) is 18.6 Å². The predicted octanol–water partition coefficient (Wildman–Crippen LogP) is 2.13. The fourth-order valence-corrected chi connectivity index (χ4v) is 1.72. The molecule has 14 heavy (non-hydrogen) atoms. The van der Waals surface area contributed by atoms with Crippen molar-refractivity contribution in [3.63, 3.8) is 0 Å². The lowest BCUT2D eigenvalue weighted by Crippen LogP contribution is -2.27. The summed E-state index contributed by atoms with van der Waals surface area (Å²) in [7, 11) is 0. The molecule has 1 aromatic rings. The highest BCUT2D eigenvalue weighted by Crippen LogP contribution is 2.25. The SMILES string of the molecule is CC(=S)N1Cc2cccc(F)c2C1=O. The van der Waals surface area contributed by atoms with Crippen LogP contribution in [0.15, 0.2) is 18.2 Å². The highest BCUT2D eigenvalue weighted by atomic mass is 32.1. The predicted molar refractivity (Wildman–Crippen MR) is 54.5 cm³/mol. The molecule has 1 aliphatic rings. The van der Waals surface area contributed by atoms with Crippen molar-refractivity contribution in [1.82, 2.24) is 4.90 Å². The summed E-state index contributed by atoms with van der Waals surface area (Å²) >= 11 is 4.91. The number of nitrogens with zero attached hydrogens (tertiary/aromatic N) is 1. The lowest BCUT2D eigenvalue weighted by molar-refractivity contribution is 0.0864. The zero-order valence-corrected chi connectivity index (χ0v) is 8.40. The van der Waals surface area contributed by atoms with Gasteiger partial charge in [-0.2, -0.15) is 0 Å². The first-order valence-corrected chi connectivity index (χ1v) is 4.62. The zero-order chi connectivity index (χ0) is 10.3. The second-order valence-electron chi connectivity index (χ2n) is 3.18. The van der Waals surface area contributed by atoms with E-state index in [4.69, 9.17) is 12.2 Å². The molecule has 0 N–H and O–H groups in total. The summed E-state index contributed by atoms with van der Waals surface area (Å²) in [5.74, 6) is -0.795. The Morgan fingerprint density at radius 1 is 1.57 bits per heavy atom. The Bertz CT molecular complexity index is 430. The van der Waals surface area contributed by atoms with Crippen LogP contribution in [0.3, 0.4) is 0 Å². The minimum Gasteiger partial charge on any atom is -0.298 e. The number of fused-ring (bicyclic) bond motifs is 1. The molecule has 0 radical (unpaired) electrons. The van der Waals surface area contributed by atoms with Crippen molar-refractivity contribution in [2.45, 2.75) is 13.5 Å². The van der Waals surface area contributed by atoms with Crippen molar-refractivity contribution in [2.75, 3.05) is 0 Å². The van der Waals surface area contributed by atoms with Gasteiger partial charge >= 0.3 is 0 Å². The molecule has 0 fully saturated rings. The van der Waals surface area contributed by atoms with E-state index in [0.29, 0.717) is 17.1 Å². The summed E-state index contributed by atoms with van der Waals surface area (Å²) in [5, 5.41) is 0. The molecule has 0 atom stereocenters. The fraction of sp³-hybridized carbons (Fsp3) is 0.200. The third-order valence-electron chi connectivity index (χ3n) is 2.27. The number of hydrogen-bond acceptors (Lipinski definition) is 2. The standard InChI is InChI=1S/C10H8FNOS/c1-6(14)12-5-7-3-2-4-8(11)9(7)10(12)13/h2-4H,5H2,1H3. The van der Waals surface area contributed by atoms with Crippen molar-refractivity contribution in [3.05, 3.63) is 35.1 Å². The number of amides is 1. The Morgan fingerprint density at radius 3 is 2.86 bits per heavy atom. The molecule has 0 bridgehead atoms. The van der Waals surface area contributed by atoms with E-state index in [0.717, 1.165) is 0 Å². The Labute approximate surface area is 86.3 Å². The molecule has 0 aliphatic carbocycles. The van der Waals surface area contributed by atoms with Gasteiger partial charge in [-0.1, -0.05) is 24.4 Å². The van der Waals surface area contributed by atoms with E-state index in [1.165, 1.54) is 11.0 Å². The summed E-state index contributed by atoms with van der Waals surface area (Å²) < 4.78 is 13.3. The van der Waals surface area contributed by atoms with Gasteiger partial charge in [-0.15, -0.1) is 0 Å². The molecular formula is C10H8FNOS. The van der Waals surface area contributed by atoms with Crippen LogP contribution in [-0.2, 0) is 6.54 Å². The van der Waals surface area contributed by atoms with Crippen LogP contribution in [0, 0.1) is 5.82 Å². The lowest BCUT2D eigenvalue weighted by atomic mass is 10.1. The maximum absolute atomic E-state index is 13.3. The van der Waals surface area contributed by atoms with E-state index in [-0.39, 0.29) is 11.5 Å². The summed E-state index contributed by atoms with van der Waals surface area (Å²) in [5.41, 5.74) is 0.871. The number of carbonyl (C=O) groups excluding carboxylic acids is 1. The number of thiocarbonyl (C=S) groups is 1. The van der Waals surface area contributed by atoms with Gasteiger partial charge in [0.25, 0.3) is 5.91 Å². The van der Waals surface area contributed by atoms with Crippen molar-refractivity contribution >= 4 is 23.1 Å². The maximum atomic E-state index is 13.3. The van der Waals surface area contributed by atoms with Gasteiger partial charge in [0.15, 0.2) is 0 Å². The van der Waals surface area contributed by atoms with E-state index in [1.807, 2.05) is 0 Å². The van der Waals surface area contributed by atoms with E-state index >= 15 is 0 Å². The summed E-state index contributed by atoms with van der Waals surface area (Å²) in [6.07, 6.45) is 0. The van der Waals surface area contributed by atoms with Crippen molar-refractivity contribution in [1.29, 1.82) is 0 Å². The van der Waals surface area contributed by atoms with Gasteiger partial charge in [0.2, 0.25) is 0 Å². The molecule has 4 heteroatoms. The molecule has 0 unspecified atom stereocenters. The zero-order valence-electron chi connectivity index (χ0n) is 7.58. The van der Waals surface area contributed by atoms with E-state index in [9.17, 15) is 9.18 Å². The number of benzene rings is 1. The number of rotatable bonds is 0. The molecule has 0 spiro atoms. The van der Waals surface area contributed by atoms with Crippen molar-refractivity contribution in [3.8, 4) is 0 Å². The van der Waals surface area contributed by atoms with Gasteiger partial charge in [0, 0.05) is 0 Å². The quantitative estimate of drug-likeness (QED) is 0.610. The Hall–Kier alpha value is -1.29. The summed E-state index contributed by atoms with van der Waals surface area (Å²) in [6, 6.07) is 4.64. The first-order chi connectivity index (χ1) is 6.61. The highest BCUT2D eigenvalue weighted by molar-refractivity contribution is 7.80. The third kappa shape index (κ3) is 1.23. The molecule has 2 rings (SSSR count). The van der Waals surface area contributed by atoms with Crippen LogP contribution in [0.1, 0.15) is 22.8 Å². The topological polar surface area (TPSA) is 20.3 Å². The lowest BCUT2D eigenvalue weighted by Gasteiger charge is -2.12. The Balaban J connectivity index is 2.51. The average Bonchev–Trinajstić information content (AvgIpc) is 2.45. The number of halogens is 1. The smallest absolute Gasteiger partial charge is 0.262 e. The largest absolute Gasteiger partial charge is 0.298 e. The van der Waals surface area contributed by atoms with Crippen molar-refractivity contribution in [2.24, 2.45) is 0 Å². The summed E-state index contributed by atoms with van der Waals surface area (Å²) in [6.45, 7) is 2.05. The van der Waals surface area contributed by atoms with Gasteiger partial charge in [-0.25, -0.2) is 4.39 Å². The molecule has 1 heterocycles. The van der Waals surface area contributed by atoms with Crippen LogP contribution in [0.5, 0.6) is 0 Å². The maximum Gasteiger partial charge on any atom is 0.262 e. The van der Waals surface area contributed by atoms with Crippen LogP contribution in [0.4, 0.5) is 4.39 Å². The monoisotopic (exact) mass is 209 g/mol. The molecule has 1 aromatic carbocycles. The van der Waals surface area contributed by atoms with Crippen LogP contribution in [-0.4, -0.2) is 15.8 Å². The van der Waals surface area contributed by atoms with Crippen LogP contribution >= 0.6 is 12.2 Å². The molecule has 0 aromatic heterocycles. The molecule has 0 saturated heterocycles. The van der Waals surface area contributed by atoms with Crippen LogP contribution < -0.4 is 0 Å². The molecule has 0 saturated carbocycles. The second kappa shape index (κ2) is 3.13. The molecule has 1 aliphatic heterocycles. The third-order valence-corrected chi connectivity index (χ3v) is 2.49. The van der Waals surface area contributed by atoms with Crippen LogP contribution in [0.25, 0.3) is 0 Å². The van der Waals surface area contributed by atoms with Gasteiger partial charge in [-0.3, -0.25) is 9.69 Å². The first kappa shape index (κ1) is 9.27. The average molecular weight is 209 g/mol. The van der Waals surface area contributed by atoms with Crippen LogP contribution in [0.2, 0.25) is 0 Å². The number of carbonyl (C=O) groups is 1. The summed E-state index contributed by atoms with van der Waals surface area (Å²) in [4.78, 5) is 13.5. The minimum atomic E-state index is -0.466. The fourth-order valence-electron chi connectivity index (χ4n) is 1.57. The van der Waals surface area contributed by atoms with E-state index in [2.05, 4.69) is 0 Å². The highest BCUT2D eigenvalue weighted by Gasteiger charge is 2.30. The Kier molecular flexibility index (Phi) is 2.07. The minimum absolute atomic E-state index is 0.164.